The molecule has 1 aliphatic rings. The van der Waals surface area contributed by atoms with Gasteiger partial charge in [0.05, 0.1) is 11.5 Å². The lowest BCUT2D eigenvalue weighted by molar-refractivity contribution is -0.130. The first kappa shape index (κ1) is 15.8. The van der Waals surface area contributed by atoms with Crippen molar-refractivity contribution >= 4 is 5.91 Å². The summed E-state index contributed by atoms with van der Waals surface area (Å²) in [7, 11) is 0. The van der Waals surface area contributed by atoms with Crippen LogP contribution < -0.4 is 15.4 Å². The number of nitrogens with one attached hydrogen (secondary N) is 2. The number of rotatable bonds is 6. The third kappa shape index (κ3) is 3.73. The topological polar surface area (TPSA) is 63.2 Å². The van der Waals surface area contributed by atoms with Gasteiger partial charge in [-0.3, -0.25) is 4.79 Å². The Balaban J connectivity index is 2.01. The fourth-order valence-electron chi connectivity index (χ4n) is 2.65. The molecule has 0 saturated carbocycles. The molecule has 5 nitrogen and oxygen atoms in total. The Kier molecular flexibility index (Phi) is 5.17. The number of ether oxygens (including phenoxy) is 1. The predicted molar refractivity (Wildman–Crippen MR) is 82.1 cm³/mol. The normalized spacial score (nSPS) is 21.5. The lowest BCUT2D eigenvalue weighted by Crippen LogP contribution is -2.41. The lowest BCUT2D eigenvalue weighted by Gasteiger charge is -2.25. The van der Waals surface area contributed by atoms with Crippen molar-refractivity contribution in [1.82, 2.24) is 15.6 Å². The zero-order valence-electron chi connectivity index (χ0n) is 13.1. The molecule has 1 amide bonds. The van der Waals surface area contributed by atoms with Crippen molar-refractivity contribution in [2.75, 3.05) is 13.1 Å². The van der Waals surface area contributed by atoms with E-state index >= 15 is 0 Å². The molecule has 0 spiro atoms. The molecule has 0 bridgehead atoms. The fraction of sp³-hybridized carbons (Fsp3) is 0.625. The van der Waals surface area contributed by atoms with E-state index in [0.717, 1.165) is 31.5 Å². The molecule has 1 aliphatic heterocycles. The third-order valence-corrected chi connectivity index (χ3v) is 4.04. The number of aromatic nitrogens is 1. The highest BCUT2D eigenvalue weighted by molar-refractivity contribution is 5.83. The molecule has 5 heteroatoms. The average molecular weight is 291 g/mol. The molecule has 1 fully saturated rings. The van der Waals surface area contributed by atoms with Crippen molar-refractivity contribution in [3.05, 3.63) is 23.9 Å². The minimum atomic E-state index is -0.263. The SMILES string of the molecule is CCC1(C(=O)NCc2cccnc2OC(C)C)CCNC1. The zero-order chi connectivity index (χ0) is 15.3. The van der Waals surface area contributed by atoms with Crippen LogP contribution in [0.5, 0.6) is 5.88 Å². The van der Waals surface area contributed by atoms with Crippen LogP contribution in [0.15, 0.2) is 18.3 Å². The van der Waals surface area contributed by atoms with Crippen molar-refractivity contribution in [3.63, 3.8) is 0 Å². The van der Waals surface area contributed by atoms with Crippen LogP contribution in [0.25, 0.3) is 0 Å². The van der Waals surface area contributed by atoms with E-state index < -0.39 is 0 Å². The Morgan fingerprint density at radius 2 is 2.38 bits per heavy atom. The van der Waals surface area contributed by atoms with Crippen LogP contribution >= 0.6 is 0 Å². The van der Waals surface area contributed by atoms with E-state index in [1.807, 2.05) is 26.0 Å². The molecule has 2 rings (SSSR count). The van der Waals surface area contributed by atoms with Crippen LogP contribution in [-0.2, 0) is 11.3 Å². The molecular weight excluding hydrogens is 266 g/mol. The van der Waals surface area contributed by atoms with Gasteiger partial charge in [-0.15, -0.1) is 0 Å². The standard InChI is InChI=1S/C16H25N3O2/c1-4-16(7-9-17-11-16)15(20)19-10-13-6-5-8-18-14(13)21-12(2)3/h5-6,8,12,17H,4,7,9-11H2,1-3H3,(H,19,20). The Morgan fingerprint density at radius 1 is 1.57 bits per heavy atom. The highest BCUT2D eigenvalue weighted by Gasteiger charge is 2.39. The minimum Gasteiger partial charge on any atom is -0.475 e. The number of amides is 1. The van der Waals surface area contributed by atoms with Crippen LogP contribution in [0.4, 0.5) is 0 Å². The Hall–Kier alpha value is -1.62. The van der Waals surface area contributed by atoms with Gasteiger partial charge in [-0.1, -0.05) is 13.0 Å². The monoisotopic (exact) mass is 291 g/mol. The second kappa shape index (κ2) is 6.89. The van der Waals surface area contributed by atoms with Crippen molar-refractivity contribution in [2.45, 2.75) is 46.3 Å². The molecule has 0 radical (unpaired) electrons. The summed E-state index contributed by atoms with van der Waals surface area (Å²) in [6, 6.07) is 3.80. The van der Waals surface area contributed by atoms with Crippen molar-refractivity contribution in [3.8, 4) is 5.88 Å². The molecule has 21 heavy (non-hydrogen) atoms. The largest absolute Gasteiger partial charge is 0.475 e. The maximum absolute atomic E-state index is 12.5. The fourth-order valence-corrected chi connectivity index (χ4v) is 2.65. The molecule has 0 aromatic carbocycles. The molecule has 1 aromatic heterocycles. The summed E-state index contributed by atoms with van der Waals surface area (Å²) in [5.41, 5.74) is 0.651. The van der Waals surface area contributed by atoms with E-state index in [0.29, 0.717) is 12.4 Å². The molecule has 1 aromatic rings. The number of pyridine rings is 1. The maximum atomic E-state index is 12.5. The smallest absolute Gasteiger partial charge is 0.227 e. The first-order chi connectivity index (χ1) is 10.1. The average Bonchev–Trinajstić information content (AvgIpc) is 2.95. The number of nitrogens with zero attached hydrogens (tertiary/aromatic N) is 1. The molecule has 2 heterocycles. The van der Waals surface area contributed by atoms with Gasteiger partial charge in [0.1, 0.15) is 0 Å². The molecule has 0 aliphatic carbocycles. The summed E-state index contributed by atoms with van der Waals surface area (Å²) in [5, 5.41) is 6.33. The summed E-state index contributed by atoms with van der Waals surface area (Å²) >= 11 is 0. The Labute approximate surface area is 126 Å². The first-order valence-corrected chi connectivity index (χ1v) is 7.67. The van der Waals surface area contributed by atoms with Gasteiger partial charge in [-0.05, 0) is 39.3 Å². The molecule has 2 N–H and O–H groups in total. The molecule has 1 saturated heterocycles. The van der Waals surface area contributed by atoms with E-state index in [4.69, 9.17) is 4.74 Å². The summed E-state index contributed by atoms with van der Waals surface area (Å²) in [6.45, 7) is 8.13. The van der Waals surface area contributed by atoms with E-state index in [9.17, 15) is 4.79 Å². The van der Waals surface area contributed by atoms with Crippen molar-refractivity contribution in [2.24, 2.45) is 5.41 Å². The third-order valence-electron chi connectivity index (χ3n) is 4.04. The predicted octanol–water partition coefficient (Wildman–Crippen LogP) is 1.87. The highest BCUT2D eigenvalue weighted by atomic mass is 16.5. The number of hydrogen-bond donors (Lipinski definition) is 2. The molecule has 1 atom stereocenters. The van der Waals surface area contributed by atoms with E-state index in [-0.39, 0.29) is 17.4 Å². The van der Waals surface area contributed by atoms with E-state index in [2.05, 4.69) is 22.5 Å². The molecule has 116 valence electrons. The van der Waals surface area contributed by atoms with Crippen molar-refractivity contribution < 1.29 is 9.53 Å². The lowest BCUT2D eigenvalue weighted by atomic mass is 9.83. The van der Waals surface area contributed by atoms with Crippen molar-refractivity contribution in [1.29, 1.82) is 0 Å². The number of carbonyl (C=O) groups excluding carboxylic acids is 1. The summed E-state index contributed by atoms with van der Waals surface area (Å²) in [6.07, 6.45) is 3.53. The molecular formula is C16H25N3O2. The summed E-state index contributed by atoms with van der Waals surface area (Å²) in [4.78, 5) is 16.7. The van der Waals surface area contributed by atoms with Gasteiger partial charge < -0.3 is 15.4 Å². The van der Waals surface area contributed by atoms with E-state index in [1.54, 1.807) is 6.20 Å². The second-order valence-electron chi connectivity index (χ2n) is 5.88. The Morgan fingerprint density at radius 3 is 3.00 bits per heavy atom. The number of hydrogen-bond acceptors (Lipinski definition) is 4. The highest BCUT2D eigenvalue weighted by Crippen LogP contribution is 2.29. The maximum Gasteiger partial charge on any atom is 0.227 e. The van der Waals surface area contributed by atoms with Gasteiger partial charge >= 0.3 is 0 Å². The van der Waals surface area contributed by atoms with Crippen LogP contribution in [0.3, 0.4) is 0 Å². The van der Waals surface area contributed by atoms with Gasteiger partial charge in [-0.2, -0.15) is 0 Å². The zero-order valence-corrected chi connectivity index (χ0v) is 13.1. The first-order valence-electron chi connectivity index (χ1n) is 7.67. The van der Waals surface area contributed by atoms with Crippen LogP contribution in [0.1, 0.15) is 39.2 Å². The van der Waals surface area contributed by atoms with Gasteiger partial charge in [0.15, 0.2) is 0 Å². The molecule has 1 unspecified atom stereocenters. The van der Waals surface area contributed by atoms with Gasteiger partial charge in [-0.25, -0.2) is 4.98 Å². The minimum absolute atomic E-state index is 0.0652. The Bertz CT molecular complexity index is 482. The van der Waals surface area contributed by atoms with E-state index in [1.165, 1.54) is 0 Å². The van der Waals surface area contributed by atoms with Crippen LogP contribution in [0, 0.1) is 5.41 Å². The summed E-state index contributed by atoms with van der Waals surface area (Å²) in [5.74, 6) is 0.720. The van der Waals surface area contributed by atoms with Gasteiger partial charge in [0, 0.05) is 24.8 Å². The van der Waals surface area contributed by atoms with Gasteiger partial charge in [0.25, 0.3) is 0 Å². The number of carbonyl (C=O) groups is 1. The quantitative estimate of drug-likeness (QED) is 0.840. The second-order valence-corrected chi connectivity index (χ2v) is 5.88. The van der Waals surface area contributed by atoms with Crippen LogP contribution in [0.2, 0.25) is 0 Å². The summed E-state index contributed by atoms with van der Waals surface area (Å²) < 4.78 is 5.68. The van der Waals surface area contributed by atoms with Crippen LogP contribution in [-0.4, -0.2) is 30.1 Å². The van der Waals surface area contributed by atoms with Gasteiger partial charge in [0.2, 0.25) is 11.8 Å².